The highest BCUT2D eigenvalue weighted by molar-refractivity contribution is 5.77. The third-order valence-electron chi connectivity index (χ3n) is 4.43. The van der Waals surface area contributed by atoms with Gasteiger partial charge in [0.1, 0.15) is 0 Å². The van der Waals surface area contributed by atoms with Gasteiger partial charge in [-0.25, -0.2) is 0 Å². The van der Waals surface area contributed by atoms with Gasteiger partial charge in [-0.05, 0) is 56.0 Å². The lowest BCUT2D eigenvalue weighted by Gasteiger charge is -2.34. The Morgan fingerprint density at radius 1 is 1.33 bits per heavy atom. The van der Waals surface area contributed by atoms with Crippen LogP contribution in [0, 0.1) is 5.41 Å². The fourth-order valence-corrected chi connectivity index (χ4v) is 2.81. The fourth-order valence-electron chi connectivity index (χ4n) is 2.81. The molecule has 0 aliphatic carbocycles. The van der Waals surface area contributed by atoms with Crippen molar-refractivity contribution in [2.75, 3.05) is 33.4 Å². The first-order chi connectivity index (χ1) is 11.6. The van der Waals surface area contributed by atoms with Crippen LogP contribution in [-0.4, -0.2) is 39.3 Å². The highest BCUT2D eigenvalue weighted by Gasteiger charge is 2.27. The molecule has 5 nitrogen and oxygen atoms in total. The van der Waals surface area contributed by atoms with Crippen LogP contribution in [0.2, 0.25) is 0 Å². The Hall–Kier alpha value is -2.01. The third-order valence-corrected chi connectivity index (χ3v) is 4.43. The fraction of sp³-hybridized carbons (Fsp3) is 0.526. The number of allylic oxidation sites excluding steroid dienone is 1. The molecule has 1 saturated heterocycles. The number of methoxy groups -OCH3 is 1. The second-order valence-electron chi connectivity index (χ2n) is 6.54. The summed E-state index contributed by atoms with van der Waals surface area (Å²) < 4.78 is 11.0. The van der Waals surface area contributed by atoms with E-state index in [1.807, 2.05) is 37.3 Å². The Morgan fingerprint density at radius 2 is 2.08 bits per heavy atom. The number of carbonyl (C=O) groups excluding carboxylic acids is 1. The lowest BCUT2D eigenvalue weighted by atomic mass is 9.81. The normalized spacial score (nSPS) is 16.8. The number of hydrogen-bond donors (Lipinski definition) is 2. The monoisotopic (exact) mass is 332 g/mol. The van der Waals surface area contributed by atoms with Gasteiger partial charge in [-0.15, -0.1) is 0 Å². The minimum atomic E-state index is -0.102. The number of nitrogens with one attached hydrogen (secondary N) is 2. The van der Waals surface area contributed by atoms with Gasteiger partial charge in [-0.1, -0.05) is 25.1 Å². The minimum absolute atomic E-state index is 0.00630. The average molecular weight is 332 g/mol. The summed E-state index contributed by atoms with van der Waals surface area (Å²) in [6.07, 6.45) is 6.10. The van der Waals surface area contributed by atoms with Gasteiger partial charge in [0.25, 0.3) is 5.91 Å². The van der Waals surface area contributed by atoms with E-state index in [0.29, 0.717) is 18.0 Å². The van der Waals surface area contributed by atoms with Crippen LogP contribution in [0.5, 0.6) is 11.5 Å². The molecule has 1 heterocycles. The Bertz CT molecular complexity index is 578. The standard InChI is InChI=1S/C19H28N2O3/c1-4-5-15-6-7-16(17(12-15)23-3)24-13-18(22)21-14-19(2)8-10-20-11-9-19/h4-7,12,20H,8-11,13-14H2,1-3H3,(H,21,22)/b5-4+. The third kappa shape index (κ3) is 5.27. The van der Waals surface area contributed by atoms with E-state index in [4.69, 9.17) is 9.47 Å². The predicted molar refractivity (Wildman–Crippen MR) is 96.4 cm³/mol. The highest BCUT2D eigenvalue weighted by Crippen LogP contribution is 2.29. The summed E-state index contributed by atoms with van der Waals surface area (Å²) in [7, 11) is 1.60. The number of piperidine rings is 1. The number of benzene rings is 1. The van der Waals surface area contributed by atoms with E-state index < -0.39 is 0 Å². The van der Waals surface area contributed by atoms with Crippen molar-refractivity contribution in [3.63, 3.8) is 0 Å². The van der Waals surface area contributed by atoms with E-state index in [9.17, 15) is 4.79 Å². The van der Waals surface area contributed by atoms with Crippen molar-refractivity contribution < 1.29 is 14.3 Å². The summed E-state index contributed by atoms with van der Waals surface area (Å²) in [5, 5.41) is 6.33. The topological polar surface area (TPSA) is 59.6 Å². The smallest absolute Gasteiger partial charge is 0.257 e. The number of hydrogen-bond acceptors (Lipinski definition) is 4. The molecule has 1 fully saturated rings. The molecule has 0 aromatic heterocycles. The summed E-state index contributed by atoms with van der Waals surface area (Å²) >= 11 is 0. The van der Waals surface area contributed by atoms with Crippen molar-refractivity contribution in [1.82, 2.24) is 10.6 Å². The first-order valence-corrected chi connectivity index (χ1v) is 8.47. The lowest BCUT2D eigenvalue weighted by Crippen LogP contribution is -2.43. The molecular weight excluding hydrogens is 304 g/mol. The molecule has 0 bridgehead atoms. The zero-order chi connectivity index (χ0) is 17.4. The van der Waals surface area contributed by atoms with E-state index >= 15 is 0 Å². The Balaban J connectivity index is 1.85. The molecule has 0 spiro atoms. The van der Waals surface area contributed by atoms with Crippen molar-refractivity contribution in [3.05, 3.63) is 29.8 Å². The molecule has 1 amide bonds. The zero-order valence-electron chi connectivity index (χ0n) is 14.9. The maximum Gasteiger partial charge on any atom is 0.257 e. The molecule has 5 heteroatoms. The largest absolute Gasteiger partial charge is 0.493 e. The number of rotatable bonds is 7. The van der Waals surface area contributed by atoms with Gasteiger partial charge >= 0.3 is 0 Å². The molecular formula is C19H28N2O3. The maximum absolute atomic E-state index is 12.1. The first-order valence-electron chi connectivity index (χ1n) is 8.47. The second kappa shape index (κ2) is 8.73. The van der Waals surface area contributed by atoms with Gasteiger partial charge in [-0.2, -0.15) is 0 Å². The van der Waals surface area contributed by atoms with Crippen LogP contribution in [0.15, 0.2) is 24.3 Å². The van der Waals surface area contributed by atoms with Crippen LogP contribution < -0.4 is 20.1 Å². The van der Waals surface area contributed by atoms with Crippen LogP contribution >= 0.6 is 0 Å². The van der Waals surface area contributed by atoms with Gasteiger partial charge in [0, 0.05) is 6.54 Å². The first kappa shape index (κ1) is 18.3. The summed E-state index contributed by atoms with van der Waals surface area (Å²) in [4.78, 5) is 12.1. The number of carbonyl (C=O) groups is 1. The van der Waals surface area contributed by atoms with Gasteiger partial charge < -0.3 is 20.1 Å². The molecule has 1 aliphatic rings. The van der Waals surface area contributed by atoms with Gasteiger partial charge in [0.15, 0.2) is 18.1 Å². The summed E-state index contributed by atoms with van der Waals surface area (Å²) in [5.41, 5.74) is 1.21. The summed E-state index contributed by atoms with van der Waals surface area (Å²) in [6, 6.07) is 5.66. The Morgan fingerprint density at radius 3 is 2.75 bits per heavy atom. The quantitative estimate of drug-likeness (QED) is 0.806. The maximum atomic E-state index is 12.1. The van der Waals surface area contributed by atoms with Crippen LogP contribution in [0.4, 0.5) is 0 Å². The van der Waals surface area contributed by atoms with Crippen molar-refractivity contribution in [3.8, 4) is 11.5 Å². The number of ether oxygens (including phenoxy) is 2. The van der Waals surface area contributed by atoms with Gasteiger partial charge in [0.2, 0.25) is 0 Å². The van der Waals surface area contributed by atoms with Gasteiger partial charge in [-0.3, -0.25) is 4.79 Å². The van der Waals surface area contributed by atoms with Crippen LogP contribution in [-0.2, 0) is 4.79 Å². The van der Waals surface area contributed by atoms with Crippen LogP contribution in [0.3, 0.4) is 0 Å². The van der Waals surface area contributed by atoms with Crippen LogP contribution in [0.1, 0.15) is 32.3 Å². The van der Waals surface area contributed by atoms with E-state index in [0.717, 1.165) is 31.5 Å². The van der Waals surface area contributed by atoms with Crippen molar-refractivity contribution in [2.24, 2.45) is 5.41 Å². The van der Waals surface area contributed by atoms with Gasteiger partial charge in [0.05, 0.1) is 7.11 Å². The molecule has 0 atom stereocenters. The zero-order valence-corrected chi connectivity index (χ0v) is 14.9. The summed E-state index contributed by atoms with van der Waals surface area (Å²) in [5.74, 6) is 1.10. The molecule has 2 rings (SSSR count). The van der Waals surface area contributed by atoms with E-state index in [1.54, 1.807) is 7.11 Å². The van der Waals surface area contributed by atoms with E-state index in [-0.39, 0.29) is 17.9 Å². The molecule has 1 aromatic rings. The Labute approximate surface area is 144 Å². The lowest BCUT2D eigenvalue weighted by molar-refractivity contribution is -0.123. The number of amides is 1. The Kier molecular flexibility index (Phi) is 6.67. The molecule has 1 aromatic carbocycles. The molecule has 0 unspecified atom stereocenters. The summed E-state index contributed by atoms with van der Waals surface area (Å²) in [6.45, 7) is 6.89. The molecule has 0 radical (unpaired) electrons. The minimum Gasteiger partial charge on any atom is -0.493 e. The van der Waals surface area contributed by atoms with Crippen molar-refractivity contribution in [1.29, 1.82) is 0 Å². The molecule has 2 N–H and O–H groups in total. The van der Waals surface area contributed by atoms with Crippen LogP contribution in [0.25, 0.3) is 6.08 Å². The molecule has 0 saturated carbocycles. The molecule has 24 heavy (non-hydrogen) atoms. The predicted octanol–water partition coefficient (Wildman–Crippen LogP) is 2.61. The average Bonchev–Trinajstić information content (AvgIpc) is 2.59. The SMILES string of the molecule is C/C=C/c1ccc(OCC(=O)NCC2(C)CCNCC2)c(OC)c1. The molecule has 1 aliphatic heterocycles. The van der Waals surface area contributed by atoms with E-state index in [1.165, 1.54) is 0 Å². The van der Waals surface area contributed by atoms with Crippen molar-refractivity contribution in [2.45, 2.75) is 26.7 Å². The second-order valence-corrected chi connectivity index (χ2v) is 6.54. The van der Waals surface area contributed by atoms with E-state index in [2.05, 4.69) is 17.6 Å². The highest BCUT2D eigenvalue weighted by atomic mass is 16.5. The molecule has 132 valence electrons. The van der Waals surface area contributed by atoms with Crippen molar-refractivity contribution >= 4 is 12.0 Å².